The van der Waals surface area contributed by atoms with E-state index in [1.165, 1.54) is 10.9 Å². The van der Waals surface area contributed by atoms with Gasteiger partial charge in [0.2, 0.25) is 0 Å². The molecule has 0 spiro atoms. The normalized spacial score (nSPS) is 15.5. The third-order valence-corrected chi connectivity index (χ3v) is 5.27. The first-order valence-corrected chi connectivity index (χ1v) is 9.07. The van der Waals surface area contributed by atoms with Gasteiger partial charge in [-0.25, -0.2) is 9.18 Å². The van der Waals surface area contributed by atoms with Gasteiger partial charge in [-0.05, 0) is 25.1 Å². The minimum absolute atomic E-state index is 0.0233. The lowest BCUT2D eigenvalue weighted by Gasteiger charge is -2.34. The van der Waals surface area contributed by atoms with Crippen LogP contribution in [-0.2, 0) is 6.54 Å². The fourth-order valence-corrected chi connectivity index (χ4v) is 3.94. The van der Waals surface area contributed by atoms with Crippen molar-refractivity contribution in [2.24, 2.45) is 0 Å². The second-order valence-electron chi connectivity index (χ2n) is 5.84. The van der Waals surface area contributed by atoms with Gasteiger partial charge >= 0.3 is 6.03 Å². The number of carbonyl (C=O) groups excluding carboxylic acids is 1. The van der Waals surface area contributed by atoms with Gasteiger partial charge in [0.15, 0.2) is 0 Å². The molecule has 2 amide bonds. The number of amides is 2. The first-order valence-electron chi connectivity index (χ1n) is 8.26. The molecule has 1 aromatic heterocycles. The van der Waals surface area contributed by atoms with E-state index in [2.05, 4.69) is 16.3 Å². The molecule has 0 bridgehead atoms. The van der Waals surface area contributed by atoms with Crippen molar-refractivity contribution in [3.05, 3.63) is 47.1 Å². The number of thiophene rings is 1. The Morgan fingerprint density at radius 2 is 1.92 bits per heavy atom. The number of benzene rings is 1. The average Bonchev–Trinajstić information content (AvgIpc) is 3.04. The van der Waals surface area contributed by atoms with E-state index in [9.17, 15) is 9.18 Å². The van der Waals surface area contributed by atoms with Gasteiger partial charge in [-0.1, -0.05) is 18.2 Å². The van der Waals surface area contributed by atoms with E-state index in [-0.39, 0.29) is 11.8 Å². The minimum Gasteiger partial charge on any atom is -0.338 e. The van der Waals surface area contributed by atoms with Crippen molar-refractivity contribution >= 4 is 17.4 Å². The van der Waals surface area contributed by atoms with Gasteiger partial charge in [-0.2, -0.15) is 0 Å². The molecule has 2 aromatic rings. The van der Waals surface area contributed by atoms with Crippen LogP contribution < -0.4 is 5.32 Å². The van der Waals surface area contributed by atoms with Gasteiger partial charge in [-0.15, -0.1) is 11.3 Å². The van der Waals surface area contributed by atoms with Crippen LogP contribution in [0.5, 0.6) is 0 Å². The highest BCUT2D eigenvalue weighted by Gasteiger charge is 2.21. The van der Waals surface area contributed by atoms with Crippen LogP contribution in [0.4, 0.5) is 9.18 Å². The van der Waals surface area contributed by atoms with Crippen LogP contribution in [0.15, 0.2) is 36.4 Å². The maximum absolute atomic E-state index is 13.9. The van der Waals surface area contributed by atoms with Gasteiger partial charge in [0.25, 0.3) is 0 Å². The van der Waals surface area contributed by atoms with Crippen LogP contribution in [-0.4, -0.2) is 48.6 Å². The highest BCUT2D eigenvalue weighted by Crippen LogP contribution is 2.30. The maximum Gasteiger partial charge on any atom is 0.317 e. The molecule has 3 rings (SSSR count). The van der Waals surface area contributed by atoms with Crippen LogP contribution in [0.25, 0.3) is 10.4 Å². The number of hydrogen-bond acceptors (Lipinski definition) is 3. The van der Waals surface area contributed by atoms with E-state index in [1.807, 2.05) is 30.0 Å². The number of piperazine rings is 1. The van der Waals surface area contributed by atoms with Crippen LogP contribution >= 0.6 is 11.3 Å². The summed E-state index contributed by atoms with van der Waals surface area (Å²) in [4.78, 5) is 18.2. The third kappa shape index (κ3) is 3.94. The summed E-state index contributed by atoms with van der Waals surface area (Å²) in [5.74, 6) is -0.179. The summed E-state index contributed by atoms with van der Waals surface area (Å²) in [6.45, 7) is 6.66. The Labute approximate surface area is 145 Å². The predicted molar refractivity (Wildman–Crippen MR) is 95.6 cm³/mol. The summed E-state index contributed by atoms with van der Waals surface area (Å²) in [5, 5.41) is 2.84. The Hall–Kier alpha value is -1.92. The van der Waals surface area contributed by atoms with Gasteiger partial charge in [0, 0.05) is 54.6 Å². The summed E-state index contributed by atoms with van der Waals surface area (Å²) in [6, 6.07) is 11.0. The number of rotatable bonds is 4. The molecule has 2 heterocycles. The van der Waals surface area contributed by atoms with Crippen LogP contribution in [0.1, 0.15) is 11.8 Å². The Morgan fingerprint density at radius 3 is 2.62 bits per heavy atom. The molecule has 1 saturated heterocycles. The Balaban J connectivity index is 1.57. The molecule has 1 aromatic carbocycles. The number of hydrogen-bond donors (Lipinski definition) is 1. The van der Waals surface area contributed by atoms with E-state index in [0.717, 1.165) is 37.6 Å². The third-order valence-electron chi connectivity index (χ3n) is 4.17. The molecule has 6 heteroatoms. The Kier molecular flexibility index (Phi) is 5.48. The second-order valence-corrected chi connectivity index (χ2v) is 7.01. The fraction of sp³-hybridized carbons (Fsp3) is 0.389. The number of nitrogens with one attached hydrogen (secondary N) is 1. The van der Waals surface area contributed by atoms with E-state index in [4.69, 9.17) is 0 Å². The molecular formula is C18H22FN3OS. The van der Waals surface area contributed by atoms with Crippen LogP contribution in [0, 0.1) is 5.82 Å². The molecule has 24 heavy (non-hydrogen) atoms. The monoisotopic (exact) mass is 347 g/mol. The van der Waals surface area contributed by atoms with E-state index < -0.39 is 0 Å². The highest BCUT2D eigenvalue weighted by atomic mass is 32.1. The number of carbonyl (C=O) groups is 1. The van der Waals surface area contributed by atoms with Crippen molar-refractivity contribution in [1.82, 2.24) is 15.1 Å². The SMILES string of the molecule is CCNC(=O)N1CCN(Cc2ccc(-c3ccccc3F)s2)CC1. The van der Waals surface area contributed by atoms with Gasteiger partial charge in [-0.3, -0.25) is 4.90 Å². The minimum atomic E-state index is -0.179. The van der Waals surface area contributed by atoms with Crippen molar-refractivity contribution in [2.45, 2.75) is 13.5 Å². The van der Waals surface area contributed by atoms with Crippen molar-refractivity contribution in [3.8, 4) is 10.4 Å². The van der Waals surface area contributed by atoms with Crippen molar-refractivity contribution in [2.75, 3.05) is 32.7 Å². The van der Waals surface area contributed by atoms with Crippen LogP contribution in [0.3, 0.4) is 0 Å². The smallest absolute Gasteiger partial charge is 0.317 e. The lowest BCUT2D eigenvalue weighted by Crippen LogP contribution is -2.51. The zero-order valence-electron chi connectivity index (χ0n) is 13.8. The van der Waals surface area contributed by atoms with Gasteiger partial charge in [0.05, 0.1) is 0 Å². The number of nitrogens with zero attached hydrogens (tertiary/aromatic N) is 2. The van der Waals surface area contributed by atoms with E-state index in [0.29, 0.717) is 12.1 Å². The molecule has 0 saturated carbocycles. The molecule has 0 aliphatic carbocycles. The zero-order valence-corrected chi connectivity index (χ0v) is 14.6. The largest absolute Gasteiger partial charge is 0.338 e. The molecule has 1 aliphatic rings. The molecule has 0 unspecified atom stereocenters. The highest BCUT2D eigenvalue weighted by molar-refractivity contribution is 7.15. The van der Waals surface area contributed by atoms with Crippen LogP contribution in [0.2, 0.25) is 0 Å². The van der Waals surface area contributed by atoms with E-state index >= 15 is 0 Å². The fourth-order valence-electron chi connectivity index (χ4n) is 2.86. The van der Waals surface area contributed by atoms with Crippen molar-refractivity contribution in [1.29, 1.82) is 0 Å². The molecule has 0 radical (unpaired) electrons. The molecule has 0 atom stereocenters. The summed E-state index contributed by atoms with van der Waals surface area (Å²) < 4.78 is 13.9. The maximum atomic E-state index is 13.9. The summed E-state index contributed by atoms with van der Waals surface area (Å²) in [6.07, 6.45) is 0. The van der Waals surface area contributed by atoms with Crippen molar-refractivity contribution in [3.63, 3.8) is 0 Å². The average molecular weight is 347 g/mol. The number of halogens is 1. The molecule has 1 fully saturated rings. The predicted octanol–water partition coefficient (Wildman–Crippen LogP) is 3.40. The summed E-state index contributed by atoms with van der Waals surface area (Å²) in [5.41, 5.74) is 0.662. The Bertz CT molecular complexity index is 695. The first kappa shape index (κ1) is 16.9. The van der Waals surface area contributed by atoms with Crippen molar-refractivity contribution < 1.29 is 9.18 Å². The molecule has 1 N–H and O–H groups in total. The molecule has 128 valence electrons. The molecule has 4 nitrogen and oxygen atoms in total. The van der Waals surface area contributed by atoms with E-state index in [1.54, 1.807) is 17.4 Å². The van der Waals surface area contributed by atoms with Gasteiger partial charge in [0.1, 0.15) is 5.82 Å². The molecular weight excluding hydrogens is 325 g/mol. The first-order chi connectivity index (χ1) is 11.7. The quantitative estimate of drug-likeness (QED) is 0.920. The van der Waals surface area contributed by atoms with Gasteiger partial charge < -0.3 is 10.2 Å². The summed E-state index contributed by atoms with van der Waals surface area (Å²) >= 11 is 1.63. The lowest BCUT2D eigenvalue weighted by molar-refractivity contribution is 0.136. The number of urea groups is 1. The topological polar surface area (TPSA) is 35.6 Å². The summed E-state index contributed by atoms with van der Waals surface area (Å²) in [7, 11) is 0. The molecule has 1 aliphatic heterocycles. The zero-order chi connectivity index (χ0) is 16.9. The standard InChI is InChI=1S/C18H22FN3OS/c1-2-20-18(23)22-11-9-21(10-12-22)13-14-7-8-17(24-14)15-5-3-4-6-16(15)19/h3-8H,2,9-13H2,1H3,(H,20,23). The lowest BCUT2D eigenvalue weighted by atomic mass is 10.2. The Morgan fingerprint density at radius 1 is 1.17 bits per heavy atom. The second kappa shape index (κ2) is 7.77.